The molecule has 0 spiro atoms. The average molecular weight is 263 g/mol. The minimum absolute atomic E-state index is 0.221. The summed E-state index contributed by atoms with van der Waals surface area (Å²) in [5.41, 5.74) is 7.44. The quantitative estimate of drug-likeness (QED) is 0.890. The van der Waals surface area contributed by atoms with Gasteiger partial charge in [0, 0.05) is 29.9 Å². The first-order valence-electron chi connectivity index (χ1n) is 5.76. The highest BCUT2D eigenvalue weighted by atomic mass is 35.5. The van der Waals surface area contributed by atoms with Crippen molar-refractivity contribution in [2.75, 3.05) is 6.54 Å². The molecule has 2 unspecified atom stereocenters. The number of nitrogens with zero attached hydrogens (tertiary/aromatic N) is 1. The summed E-state index contributed by atoms with van der Waals surface area (Å²) in [7, 11) is 0. The zero-order chi connectivity index (χ0) is 13.0. The van der Waals surface area contributed by atoms with E-state index >= 15 is 0 Å². The van der Waals surface area contributed by atoms with E-state index in [0.717, 1.165) is 11.1 Å². The molecule has 0 aliphatic rings. The third-order valence-electron chi connectivity index (χ3n) is 2.99. The smallest absolute Gasteiger partial charge is 0.0872 e. The maximum absolute atomic E-state index is 10.4. The first-order valence-corrected chi connectivity index (χ1v) is 6.14. The van der Waals surface area contributed by atoms with Gasteiger partial charge in [-0.1, -0.05) is 29.8 Å². The van der Waals surface area contributed by atoms with Gasteiger partial charge in [-0.15, -0.1) is 0 Å². The van der Waals surface area contributed by atoms with Crippen molar-refractivity contribution < 1.29 is 5.11 Å². The fourth-order valence-electron chi connectivity index (χ4n) is 1.99. The zero-order valence-electron chi connectivity index (χ0n) is 9.83. The van der Waals surface area contributed by atoms with Crippen molar-refractivity contribution in [3.63, 3.8) is 0 Å². The summed E-state index contributed by atoms with van der Waals surface area (Å²) >= 11 is 6.15. The van der Waals surface area contributed by atoms with Gasteiger partial charge in [0.05, 0.1) is 6.10 Å². The van der Waals surface area contributed by atoms with Crippen LogP contribution in [0.1, 0.15) is 23.1 Å². The van der Waals surface area contributed by atoms with Crippen molar-refractivity contribution in [2.45, 2.75) is 12.0 Å². The molecule has 18 heavy (non-hydrogen) atoms. The van der Waals surface area contributed by atoms with Crippen LogP contribution in [0.3, 0.4) is 0 Å². The standard InChI is InChI=1S/C14H15ClN2O/c15-13-4-2-1-3-11(13)12(9-16)14(18)10-5-7-17-8-6-10/h1-8,12,14,18H,9,16H2. The van der Waals surface area contributed by atoms with Gasteiger partial charge < -0.3 is 10.8 Å². The molecule has 0 aliphatic carbocycles. The molecule has 0 saturated heterocycles. The molecule has 1 aromatic heterocycles. The molecular weight excluding hydrogens is 248 g/mol. The summed E-state index contributed by atoms with van der Waals surface area (Å²) in [5, 5.41) is 11.0. The Kier molecular flexibility index (Phi) is 4.31. The summed E-state index contributed by atoms with van der Waals surface area (Å²) in [6.45, 7) is 0.327. The molecule has 1 aromatic carbocycles. The maximum Gasteiger partial charge on any atom is 0.0872 e. The van der Waals surface area contributed by atoms with Crippen LogP contribution in [0.2, 0.25) is 5.02 Å². The van der Waals surface area contributed by atoms with Crippen molar-refractivity contribution in [3.05, 3.63) is 64.9 Å². The number of halogens is 1. The second-order valence-corrected chi connectivity index (χ2v) is 4.50. The SMILES string of the molecule is NCC(c1ccccc1Cl)C(O)c1ccncc1. The minimum atomic E-state index is -0.683. The van der Waals surface area contributed by atoms with Gasteiger partial charge in [0.2, 0.25) is 0 Å². The number of hydrogen-bond acceptors (Lipinski definition) is 3. The Morgan fingerprint density at radius 1 is 1.17 bits per heavy atom. The van der Waals surface area contributed by atoms with Gasteiger partial charge >= 0.3 is 0 Å². The highest BCUT2D eigenvalue weighted by molar-refractivity contribution is 6.31. The summed E-state index contributed by atoms with van der Waals surface area (Å²) < 4.78 is 0. The van der Waals surface area contributed by atoms with Gasteiger partial charge in [0.1, 0.15) is 0 Å². The van der Waals surface area contributed by atoms with E-state index < -0.39 is 6.10 Å². The number of aromatic nitrogens is 1. The predicted octanol–water partition coefficient (Wildman–Crippen LogP) is 2.51. The first-order chi connectivity index (χ1) is 8.74. The Bertz CT molecular complexity index is 504. The second-order valence-electron chi connectivity index (χ2n) is 4.09. The van der Waals surface area contributed by atoms with Crippen molar-refractivity contribution in [3.8, 4) is 0 Å². The van der Waals surface area contributed by atoms with E-state index in [-0.39, 0.29) is 5.92 Å². The number of pyridine rings is 1. The molecule has 3 nitrogen and oxygen atoms in total. The van der Waals surface area contributed by atoms with Gasteiger partial charge in [-0.3, -0.25) is 4.98 Å². The van der Waals surface area contributed by atoms with Crippen LogP contribution in [-0.2, 0) is 0 Å². The van der Waals surface area contributed by atoms with Crippen molar-refractivity contribution in [1.82, 2.24) is 4.98 Å². The summed E-state index contributed by atoms with van der Waals surface area (Å²) in [4.78, 5) is 3.93. The lowest BCUT2D eigenvalue weighted by molar-refractivity contribution is 0.147. The summed E-state index contributed by atoms with van der Waals surface area (Å²) in [5.74, 6) is -0.221. The van der Waals surface area contributed by atoms with E-state index in [9.17, 15) is 5.11 Å². The molecule has 4 heteroatoms. The minimum Gasteiger partial charge on any atom is -0.388 e. The molecule has 3 N–H and O–H groups in total. The van der Waals surface area contributed by atoms with E-state index in [1.165, 1.54) is 0 Å². The maximum atomic E-state index is 10.4. The Morgan fingerprint density at radius 2 is 1.83 bits per heavy atom. The molecule has 0 aliphatic heterocycles. The molecule has 0 saturated carbocycles. The second kappa shape index (κ2) is 5.96. The van der Waals surface area contributed by atoms with Crippen LogP contribution >= 0.6 is 11.6 Å². The number of nitrogens with two attached hydrogens (primary N) is 1. The molecule has 2 aromatic rings. The van der Waals surface area contributed by atoms with E-state index in [1.807, 2.05) is 18.2 Å². The first kappa shape index (κ1) is 13.0. The van der Waals surface area contributed by atoms with Crippen LogP contribution in [0, 0.1) is 0 Å². The largest absolute Gasteiger partial charge is 0.388 e. The highest BCUT2D eigenvalue weighted by Crippen LogP contribution is 2.33. The predicted molar refractivity (Wildman–Crippen MR) is 72.4 cm³/mol. The molecular formula is C14H15ClN2O. The van der Waals surface area contributed by atoms with Crippen molar-refractivity contribution in [2.24, 2.45) is 5.73 Å². The van der Waals surface area contributed by atoms with Gasteiger partial charge in [-0.05, 0) is 29.3 Å². The highest BCUT2D eigenvalue weighted by Gasteiger charge is 2.23. The molecule has 0 radical (unpaired) electrons. The average Bonchev–Trinajstić information content (AvgIpc) is 2.42. The number of aliphatic hydroxyl groups excluding tert-OH is 1. The third kappa shape index (κ3) is 2.70. The van der Waals surface area contributed by atoms with Gasteiger partial charge in [0.25, 0.3) is 0 Å². The fraction of sp³-hybridized carbons (Fsp3) is 0.214. The van der Waals surface area contributed by atoms with Crippen LogP contribution in [0.4, 0.5) is 0 Å². The zero-order valence-corrected chi connectivity index (χ0v) is 10.6. The van der Waals surface area contributed by atoms with Crippen LogP contribution < -0.4 is 5.73 Å². The molecule has 0 bridgehead atoms. The summed E-state index contributed by atoms with van der Waals surface area (Å²) in [6.07, 6.45) is 2.62. The van der Waals surface area contributed by atoms with E-state index in [4.69, 9.17) is 17.3 Å². The topological polar surface area (TPSA) is 59.1 Å². The van der Waals surface area contributed by atoms with Crippen LogP contribution in [-0.4, -0.2) is 16.6 Å². The summed E-state index contributed by atoms with van der Waals surface area (Å²) in [6, 6.07) is 11.0. The number of hydrogen-bond donors (Lipinski definition) is 2. The van der Waals surface area contributed by atoms with Crippen LogP contribution in [0.5, 0.6) is 0 Å². The molecule has 2 rings (SSSR count). The Morgan fingerprint density at radius 3 is 2.44 bits per heavy atom. The molecule has 1 heterocycles. The van der Waals surface area contributed by atoms with E-state index in [2.05, 4.69) is 4.98 Å². The Balaban J connectivity index is 2.32. The van der Waals surface area contributed by atoms with E-state index in [1.54, 1.807) is 30.6 Å². The number of aliphatic hydroxyl groups is 1. The van der Waals surface area contributed by atoms with Gasteiger partial charge in [0.15, 0.2) is 0 Å². The van der Waals surface area contributed by atoms with Gasteiger partial charge in [-0.25, -0.2) is 0 Å². The lowest BCUT2D eigenvalue weighted by atomic mass is 9.89. The lowest BCUT2D eigenvalue weighted by Gasteiger charge is -2.23. The van der Waals surface area contributed by atoms with Crippen molar-refractivity contribution >= 4 is 11.6 Å². The van der Waals surface area contributed by atoms with Crippen LogP contribution in [0.15, 0.2) is 48.8 Å². The molecule has 94 valence electrons. The fourth-order valence-corrected chi connectivity index (χ4v) is 2.27. The van der Waals surface area contributed by atoms with E-state index in [0.29, 0.717) is 11.6 Å². The monoisotopic (exact) mass is 262 g/mol. The molecule has 0 amide bonds. The number of benzene rings is 1. The normalized spacial score (nSPS) is 14.2. The Labute approximate surface area is 111 Å². The lowest BCUT2D eigenvalue weighted by Crippen LogP contribution is -2.20. The third-order valence-corrected chi connectivity index (χ3v) is 3.33. The van der Waals surface area contributed by atoms with Crippen molar-refractivity contribution in [1.29, 1.82) is 0 Å². The molecule has 0 fully saturated rings. The van der Waals surface area contributed by atoms with Crippen LogP contribution in [0.25, 0.3) is 0 Å². The molecule has 2 atom stereocenters. The number of rotatable bonds is 4. The Hall–Kier alpha value is -1.42. The van der Waals surface area contributed by atoms with Gasteiger partial charge in [-0.2, -0.15) is 0 Å².